The van der Waals surface area contributed by atoms with Crippen molar-refractivity contribution in [2.75, 3.05) is 5.32 Å². The second-order valence-electron chi connectivity index (χ2n) is 5.63. The van der Waals surface area contributed by atoms with Crippen molar-refractivity contribution in [3.05, 3.63) is 75.0 Å². The Bertz CT molecular complexity index is 820. The SMILES string of the molecule is CC(C)c1ccc(-n2ccnc(NCc3cccs3)c2=O)cc1. The first-order valence-corrected chi connectivity index (χ1v) is 8.47. The predicted molar refractivity (Wildman–Crippen MR) is 95.6 cm³/mol. The van der Waals surface area contributed by atoms with E-state index in [9.17, 15) is 4.79 Å². The highest BCUT2D eigenvalue weighted by atomic mass is 32.1. The molecule has 3 aromatic rings. The van der Waals surface area contributed by atoms with Gasteiger partial charge in [-0.15, -0.1) is 11.3 Å². The van der Waals surface area contributed by atoms with Gasteiger partial charge in [0.05, 0.1) is 6.54 Å². The fourth-order valence-electron chi connectivity index (χ4n) is 2.34. The van der Waals surface area contributed by atoms with E-state index in [1.807, 2.05) is 29.6 Å². The van der Waals surface area contributed by atoms with Crippen molar-refractivity contribution in [1.82, 2.24) is 9.55 Å². The van der Waals surface area contributed by atoms with E-state index in [2.05, 4.69) is 36.3 Å². The highest BCUT2D eigenvalue weighted by Crippen LogP contribution is 2.16. The largest absolute Gasteiger partial charge is 0.361 e. The minimum absolute atomic E-state index is 0.138. The zero-order valence-corrected chi connectivity index (χ0v) is 14.0. The van der Waals surface area contributed by atoms with Crippen molar-refractivity contribution in [3.63, 3.8) is 0 Å². The number of nitrogens with one attached hydrogen (secondary N) is 1. The smallest absolute Gasteiger partial charge is 0.297 e. The van der Waals surface area contributed by atoms with Gasteiger partial charge in [0.15, 0.2) is 5.82 Å². The van der Waals surface area contributed by atoms with E-state index in [1.165, 1.54) is 10.4 Å². The molecule has 0 atom stereocenters. The van der Waals surface area contributed by atoms with Gasteiger partial charge in [0.1, 0.15) is 0 Å². The summed E-state index contributed by atoms with van der Waals surface area (Å²) >= 11 is 1.65. The fraction of sp³-hybridized carbons (Fsp3) is 0.222. The standard InChI is InChI=1S/C18H19N3OS/c1-13(2)14-5-7-15(8-6-14)21-10-9-19-17(18(21)22)20-12-16-4-3-11-23-16/h3-11,13H,12H2,1-2H3,(H,19,20). The van der Waals surface area contributed by atoms with Crippen molar-refractivity contribution in [2.24, 2.45) is 0 Å². The van der Waals surface area contributed by atoms with Crippen LogP contribution in [0.4, 0.5) is 5.82 Å². The second kappa shape index (κ2) is 6.79. The number of thiophene rings is 1. The zero-order chi connectivity index (χ0) is 16.2. The maximum Gasteiger partial charge on any atom is 0.297 e. The minimum atomic E-state index is -0.138. The second-order valence-corrected chi connectivity index (χ2v) is 6.66. The van der Waals surface area contributed by atoms with E-state index in [1.54, 1.807) is 28.3 Å². The predicted octanol–water partition coefficient (Wildman–Crippen LogP) is 4.03. The summed E-state index contributed by atoms with van der Waals surface area (Å²) in [4.78, 5) is 17.9. The zero-order valence-electron chi connectivity index (χ0n) is 13.2. The van der Waals surface area contributed by atoms with Gasteiger partial charge in [-0.05, 0) is 35.1 Å². The monoisotopic (exact) mass is 325 g/mol. The summed E-state index contributed by atoms with van der Waals surface area (Å²) in [5.74, 6) is 0.843. The van der Waals surface area contributed by atoms with E-state index in [0.29, 0.717) is 18.3 Å². The molecule has 118 valence electrons. The summed E-state index contributed by atoms with van der Waals surface area (Å²) < 4.78 is 1.62. The van der Waals surface area contributed by atoms with Crippen LogP contribution in [-0.2, 0) is 6.54 Å². The first kappa shape index (κ1) is 15.5. The quantitative estimate of drug-likeness (QED) is 0.770. The van der Waals surface area contributed by atoms with E-state index in [-0.39, 0.29) is 5.56 Å². The molecular weight excluding hydrogens is 306 g/mol. The van der Waals surface area contributed by atoms with E-state index >= 15 is 0 Å². The Morgan fingerprint density at radius 2 is 2.00 bits per heavy atom. The van der Waals surface area contributed by atoms with Gasteiger partial charge < -0.3 is 5.32 Å². The first-order valence-electron chi connectivity index (χ1n) is 7.59. The molecule has 0 saturated carbocycles. The number of anilines is 1. The lowest BCUT2D eigenvalue weighted by atomic mass is 10.0. The number of hydrogen-bond acceptors (Lipinski definition) is 4. The van der Waals surface area contributed by atoms with Crippen LogP contribution in [0.2, 0.25) is 0 Å². The first-order chi connectivity index (χ1) is 11.1. The molecule has 0 aliphatic rings. The molecule has 4 nitrogen and oxygen atoms in total. The molecule has 1 N–H and O–H groups in total. The van der Waals surface area contributed by atoms with Gasteiger partial charge in [0.25, 0.3) is 5.56 Å². The Hall–Kier alpha value is -2.40. The molecule has 0 saturated heterocycles. The van der Waals surface area contributed by atoms with Crippen LogP contribution in [0.1, 0.15) is 30.2 Å². The molecule has 1 aromatic carbocycles. The van der Waals surface area contributed by atoms with Crippen LogP contribution >= 0.6 is 11.3 Å². The van der Waals surface area contributed by atoms with Crippen LogP contribution in [0.5, 0.6) is 0 Å². The number of nitrogens with zero attached hydrogens (tertiary/aromatic N) is 2. The topological polar surface area (TPSA) is 46.9 Å². The van der Waals surface area contributed by atoms with Crippen LogP contribution in [-0.4, -0.2) is 9.55 Å². The van der Waals surface area contributed by atoms with Crippen LogP contribution in [0, 0.1) is 0 Å². The summed E-state index contributed by atoms with van der Waals surface area (Å²) in [6.45, 7) is 4.91. The van der Waals surface area contributed by atoms with Crippen LogP contribution in [0.3, 0.4) is 0 Å². The Morgan fingerprint density at radius 3 is 2.65 bits per heavy atom. The van der Waals surface area contributed by atoms with Crippen LogP contribution < -0.4 is 10.9 Å². The Balaban J connectivity index is 1.85. The summed E-state index contributed by atoms with van der Waals surface area (Å²) in [5.41, 5.74) is 1.97. The normalized spacial score (nSPS) is 10.9. The highest BCUT2D eigenvalue weighted by Gasteiger charge is 2.07. The van der Waals surface area contributed by atoms with E-state index in [4.69, 9.17) is 0 Å². The molecule has 0 aliphatic heterocycles. The molecule has 0 radical (unpaired) electrons. The molecule has 0 unspecified atom stereocenters. The molecule has 3 rings (SSSR count). The number of benzene rings is 1. The van der Waals surface area contributed by atoms with E-state index in [0.717, 1.165) is 5.69 Å². The van der Waals surface area contributed by atoms with Crippen molar-refractivity contribution < 1.29 is 0 Å². The summed E-state index contributed by atoms with van der Waals surface area (Å²) in [6.07, 6.45) is 3.34. The third kappa shape index (κ3) is 3.51. The van der Waals surface area contributed by atoms with Crippen LogP contribution in [0.25, 0.3) is 5.69 Å². The van der Waals surface area contributed by atoms with Gasteiger partial charge in [-0.3, -0.25) is 9.36 Å². The van der Waals surface area contributed by atoms with Crippen molar-refractivity contribution >= 4 is 17.2 Å². The molecule has 2 aromatic heterocycles. The third-order valence-corrected chi connectivity index (χ3v) is 4.57. The molecule has 23 heavy (non-hydrogen) atoms. The number of rotatable bonds is 5. The molecule has 0 amide bonds. The average molecular weight is 325 g/mol. The lowest BCUT2D eigenvalue weighted by molar-refractivity contribution is 0.863. The minimum Gasteiger partial charge on any atom is -0.361 e. The lowest BCUT2D eigenvalue weighted by Crippen LogP contribution is -2.22. The molecule has 0 spiro atoms. The van der Waals surface area contributed by atoms with Crippen molar-refractivity contribution in [1.29, 1.82) is 0 Å². The maximum absolute atomic E-state index is 12.6. The molecule has 0 aliphatic carbocycles. The molecule has 0 bridgehead atoms. The van der Waals surface area contributed by atoms with Gasteiger partial charge >= 0.3 is 0 Å². The molecular formula is C18H19N3OS. The summed E-state index contributed by atoms with van der Waals surface area (Å²) in [7, 11) is 0. The molecule has 5 heteroatoms. The molecule has 0 fully saturated rings. The van der Waals surface area contributed by atoms with Gasteiger partial charge in [-0.1, -0.05) is 32.0 Å². The highest BCUT2D eigenvalue weighted by molar-refractivity contribution is 7.09. The number of hydrogen-bond donors (Lipinski definition) is 1. The van der Waals surface area contributed by atoms with Crippen molar-refractivity contribution in [3.8, 4) is 5.69 Å². The number of aromatic nitrogens is 2. The van der Waals surface area contributed by atoms with Gasteiger partial charge in [0, 0.05) is 23.0 Å². The fourth-order valence-corrected chi connectivity index (χ4v) is 2.98. The van der Waals surface area contributed by atoms with Gasteiger partial charge in [-0.25, -0.2) is 4.98 Å². The summed E-state index contributed by atoms with van der Waals surface area (Å²) in [5, 5.41) is 5.14. The Morgan fingerprint density at radius 1 is 1.22 bits per heavy atom. The average Bonchev–Trinajstić information content (AvgIpc) is 3.07. The Kier molecular flexibility index (Phi) is 4.57. The van der Waals surface area contributed by atoms with Crippen molar-refractivity contribution in [2.45, 2.75) is 26.3 Å². The molecule has 2 heterocycles. The third-order valence-electron chi connectivity index (χ3n) is 3.69. The lowest BCUT2D eigenvalue weighted by Gasteiger charge is -2.10. The van der Waals surface area contributed by atoms with Gasteiger partial charge in [0.2, 0.25) is 0 Å². The summed E-state index contributed by atoms with van der Waals surface area (Å²) in [6, 6.07) is 12.1. The van der Waals surface area contributed by atoms with Crippen LogP contribution in [0.15, 0.2) is 59.0 Å². The Labute approximate surface area is 139 Å². The van der Waals surface area contributed by atoms with Gasteiger partial charge in [-0.2, -0.15) is 0 Å². The van der Waals surface area contributed by atoms with E-state index < -0.39 is 0 Å². The maximum atomic E-state index is 12.6.